The van der Waals surface area contributed by atoms with E-state index in [1.165, 1.54) is 31.7 Å². The first-order chi connectivity index (χ1) is 23.0. The molecule has 0 radical (unpaired) electrons. The predicted octanol–water partition coefficient (Wildman–Crippen LogP) is 9.91. The van der Waals surface area contributed by atoms with Gasteiger partial charge < -0.3 is 31.8 Å². The number of allylic oxidation sites excluding steroid dienone is 2. The van der Waals surface area contributed by atoms with Gasteiger partial charge in [-0.15, -0.1) is 0 Å². The van der Waals surface area contributed by atoms with Crippen molar-refractivity contribution in [3.8, 4) is 5.75 Å². The van der Waals surface area contributed by atoms with Crippen molar-refractivity contribution < 1.29 is 28.2 Å². The summed E-state index contributed by atoms with van der Waals surface area (Å²) < 4.78 is 41.3. The molecule has 1 aromatic carbocycles. The SMILES string of the molecule is CCCC=O.CCCCCCC(CC)N/C(N)=C(CC1CCC1)/C(CCCC)=C(\N)c1c(O)cc(C(F)(F)F)cc1CC1CCC1.CO. The van der Waals surface area contributed by atoms with Gasteiger partial charge in [0.25, 0.3) is 0 Å². The maximum Gasteiger partial charge on any atom is 0.416 e. The van der Waals surface area contributed by atoms with Gasteiger partial charge in [0.2, 0.25) is 0 Å². The Bertz CT molecular complexity index is 1130. The Kier molecular flexibility index (Phi) is 21.3. The smallest absolute Gasteiger partial charge is 0.416 e. The molecule has 48 heavy (non-hydrogen) atoms. The molecule has 2 aliphatic rings. The maximum atomic E-state index is 13.8. The molecule has 6 nitrogen and oxygen atoms in total. The Morgan fingerprint density at radius 1 is 0.917 bits per heavy atom. The van der Waals surface area contributed by atoms with E-state index in [1.807, 2.05) is 6.92 Å². The predicted molar refractivity (Wildman–Crippen MR) is 193 cm³/mol. The van der Waals surface area contributed by atoms with Crippen molar-refractivity contribution in [1.29, 1.82) is 0 Å². The minimum absolute atomic E-state index is 0.255. The first kappa shape index (κ1) is 43.3. The van der Waals surface area contributed by atoms with Crippen LogP contribution in [-0.2, 0) is 17.4 Å². The Hall–Kier alpha value is -2.68. The number of nitrogens with one attached hydrogen (secondary N) is 1. The van der Waals surface area contributed by atoms with E-state index in [1.54, 1.807) is 0 Å². The van der Waals surface area contributed by atoms with Crippen molar-refractivity contribution in [1.82, 2.24) is 5.32 Å². The molecule has 9 heteroatoms. The lowest BCUT2D eigenvalue weighted by Crippen LogP contribution is -2.34. The first-order valence-electron chi connectivity index (χ1n) is 18.6. The van der Waals surface area contributed by atoms with Crippen LogP contribution in [0.3, 0.4) is 0 Å². The van der Waals surface area contributed by atoms with E-state index in [0.717, 1.165) is 108 Å². The number of aliphatic hydroxyl groups excluding tert-OH is 1. The summed E-state index contributed by atoms with van der Waals surface area (Å²) in [7, 11) is 1.00. The molecule has 2 fully saturated rings. The van der Waals surface area contributed by atoms with E-state index in [4.69, 9.17) is 16.6 Å². The van der Waals surface area contributed by atoms with Crippen LogP contribution in [0.1, 0.15) is 160 Å². The molecule has 0 saturated heterocycles. The number of phenolic OH excluding ortho intramolecular Hbond substituents is 1. The van der Waals surface area contributed by atoms with E-state index in [0.29, 0.717) is 53.7 Å². The molecular formula is C39H66F3N3O3. The molecule has 7 N–H and O–H groups in total. The van der Waals surface area contributed by atoms with E-state index in [2.05, 4.69) is 26.1 Å². The average molecular weight is 682 g/mol. The van der Waals surface area contributed by atoms with Crippen molar-refractivity contribution >= 4 is 12.0 Å². The third kappa shape index (κ3) is 14.4. The molecule has 2 aliphatic carbocycles. The minimum Gasteiger partial charge on any atom is -0.507 e. The molecule has 0 amide bonds. The molecule has 3 rings (SSSR count). The number of carbonyl (C=O) groups excluding carboxylic acids is 1. The summed E-state index contributed by atoms with van der Waals surface area (Å²) in [6.45, 7) is 8.48. The van der Waals surface area contributed by atoms with E-state index >= 15 is 0 Å². The molecule has 0 bridgehead atoms. The van der Waals surface area contributed by atoms with Crippen LogP contribution in [0.15, 0.2) is 29.1 Å². The van der Waals surface area contributed by atoms with Crippen LogP contribution in [0, 0.1) is 11.8 Å². The van der Waals surface area contributed by atoms with Gasteiger partial charge in [0.05, 0.1) is 11.4 Å². The number of hydrogen-bond acceptors (Lipinski definition) is 6. The summed E-state index contributed by atoms with van der Waals surface area (Å²) in [6.07, 6.45) is 15.2. The highest BCUT2D eigenvalue weighted by atomic mass is 19.4. The number of benzene rings is 1. The lowest BCUT2D eigenvalue weighted by molar-refractivity contribution is -0.137. The van der Waals surface area contributed by atoms with Crippen LogP contribution in [0.25, 0.3) is 5.70 Å². The molecule has 276 valence electrons. The van der Waals surface area contributed by atoms with Crippen molar-refractivity contribution in [2.45, 2.75) is 162 Å². The summed E-state index contributed by atoms with van der Waals surface area (Å²) in [5, 5.41) is 21.7. The average Bonchev–Trinajstić information content (AvgIpc) is 3.01. The fourth-order valence-corrected chi connectivity index (χ4v) is 6.28. The van der Waals surface area contributed by atoms with Crippen LogP contribution in [0.5, 0.6) is 5.75 Å². The van der Waals surface area contributed by atoms with Gasteiger partial charge in [0, 0.05) is 30.8 Å². The summed E-state index contributed by atoms with van der Waals surface area (Å²) in [6, 6.07) is 2.30. The second kappa shape index (κ2) is 23.6. The molecule has 1 atom stereocenters. The Balaban J connectivity index is 0.00000150. The number of hydrogen-bond donors (Lipinski definition) is 5. The van der Waals surface area contributed by atoms with Gasteiger partial charge >= 0.3 is 6.18 Å². The largest absolute Gasteiger partial charge is 0.507 e. The molecule has 1 unspecified atom stereocenters. The zero-order valence-electron chi connectivity index (χ0n) is 30.5. The maximum absolute atomic E-state index is 13.8. The molecular weight excluding hydrogens is 615 g/mol. The quantitative estimate of drug-likeness (QED) is 0.0563. The highest BCUT2D eigenvalue weighted by molar-refractivity contribution is 5.77. The van der Waals surface area contributed by atoms with Gasteiger partial charge in [-0.2, -0.15) is 13.2 Å². The third-order valence-corrected chi connectivity index (χ3v) is 9.71. The lowest BCUT2D eigenvalue weighted by Gasteiger charge is -2.31. The number of halogens is 3. The summed E-state index contributed by atoms with van der Waals surface area (Å²) >= 11 is 0. The van der Waals surface area contributed by atoms with Crippen LogP contribution in [0.2, 0.25) is 0 Å². The number of aliphatic hydroxyl groups is 1. The standard InChI is InChI=1S/C34H54F3N3O.C4H8O.CH4O/c1-4-7-9-10-17-27(6-3)40-33(39)29(20-24-15-12-16-24)28(18-8-5-2)32(38)31-25(19-23-13-11-14-23)21-26(22-30(31)41)34(35,36)37;1-2-3-4-5;1-2/h21-24,27,40-41H,4-20,38-39H2,1-3H3;4H,2-3H2,1H3;2H,1H3/b32-28-,33-29+;;. The van der Waals surface area contributed by atoms with E-state index in [-0.39, 0.29) is 6.04 Å². The van der Waals surface area contributed by atoms with Crippen molar-refractivity contribution in [2.24, 2.45) is 23.3 Å². The topological polar surface area (TPSA) is 122 Å². The minimum atomic E-state index is -4.54. The Labute approximate surface area is 289 Å². The lowest BCUT2D eigenvalue weighted by atomic mass is 9.77. The van der Waals surface area contributed by atoms with Gasteiger partial charge in [-0.05, 0) is 85.6 Å². The number of carbonyl (C=O) groups is 1. The summed E-state index contributed by atoms with van der Waals surface area (Å²) in [4.78, 5) is 9.40. The second-order valence-corrected chi connectivity index (χ2v) is 13.5. The number of phenols is 1. The van der Waals surface area contributed by atoms with E-state index in [9.17, 15) is 23.1 Å². The zero-order valence-corrected chi connectivity index (χ0v) is 30.5. The number of alkyl halides is 3. The van der Waals surface area contributed by atoms with Crippen LogP contribution in [-0.4, -0.2) is 29.7 Å². The molecule has 1 aromatic rings. The normalized spacial score (nSPS) is 16.5. The number of unbranched alkanes of at least 4 members (excludes halogenated alkanes) is 5. The van der Waals surface area contributed by atoms with Gasteiger partial charge in [0.15, 0.2) is 0 Å². The van der Waals surface area contributed by atoms with Gasteiger partial charge in [-0.25, -0.2) is 0 Å². The van der Waals surface area contributed by atoms with E-state index < -0.39 is 17.5 Å². The Morgan fingerprint density at radius 2 is 1.54 bits per heavy atom. The third-order valence-electron chi connectivity index (χ3n) is 9.71. The van der Waals surface area contributed by atoms with Gasteiger partial charge in [0.1, 0.15) is 12.0 Å². The Morgan fingerprint density at radius 3 is 2.00 bits per heavy atom. The molecule has 0 aromatic heterocycles. The molecule has 0 heterocycles. The van der Waals surface area contributed by atoms with Crippen LogP contribution < -0.4 is 16.8 Å². The van der Waals surface area contributed by atoms with Crippen LogP contribution >= 0.6 is 0 Å². The van der Waals surface area contributed by atoms with Crippen molar-refractivity contribution in [3.05, 3.63) is 45.8 Å². The fraction of sp³-hybridized carbons (Fsp3) is 0.718. The number of aromatic hydroxyl groups is 1. The zero-order chi connectivity index (χ0) is 36.1. The molecule has 0 spiro atoms. The van der Waals surface area contributed by atoms with Gasteiger partial charge in [-0.3, -0.25) is 0 Å². The van der Waals surface area contributed by atoms with Crippen molar-refractivity contribution in [2.75, 3.05) is 7.11 Å². The van der Waals surface area contributed by atoms with Gasteiger partial charge in [-0.1, -0.05) is 98.3 Å². The monoisotopic (exact) mass is 682 g/mol. The summed E-state index contributed by atoms with van der Waals surface area (Å²) in [5.74, 6) is 1.09. The first-order valence-corrected chi connectivity index (χ1v) is 18.6. The highest BCUT2D eigenvalue weighted by Crippen LogP contribution is 2.43. The number of rotatable bonds is 19. The highest BCUT2D eigenvalue weighted by Gasteiger charge is 2.34. The fourth-order valence-electron chi connectivity index (χ4n) is 6.28. The second-order valence-electron chi connectivity index (χ2n) is 13.5. The molecule has 2 saturated carbocycles. The van der Waals surface area contributed by atoms with Crippen molar-refractivity contribution in [3.63, 3.8) is 0 Å². The van der Waals surface area contributed by atoms with Crippen LogP contribution in [0.4, 0.5) is 13.2 Å². The number of aldehydes is 1. The molecule has 0 aliphatic heterocycles. The summed E-state index contributed by atoms with van der Waals surface area (Å²) in [5.41, 5.74) is 16.1. The number of nitrogens with two attached hydrogens (primary N) is 2.